The van der Waals surface area contributed by atoms with E-state index in [9.17, 15) is 9.90 Å². The van der Waals surface area contributed by atoms with Crippen molar-refractivity contribution in [3.8, 4) is 0 Å². The van der Waals surface area contributed by atoms with Crippen LogP contribution in [-0.2, 0) is 0 Å². The van der Waals surface area contributed by atoms with Crippen molar-refractivity contribution in [3.05, 3.63) is 51.2 Å². The first kappa shape index (κ1) is 14.9. The average Bonchev–Trinajstić information content (AvgIpc) is 2.91. The lowest BCUT2D eigenvalue weighted by molar-refractivity contribution is 0.0698. The number of hydrogen-bond donors (Lipinski definition) is 2. The van der Waals surface area contributed by atoms with E-state index in [1.807, 2.05) is 11.4 Å². The topological polar surface area (TPSA) is 49.3 Å². The van der Waals surface area contributed by atoms with Crippen LogP contribution in [0.25, 0.3) is 0 Å². The first-order valence-electron chi connectivity index (χ1n) is 6.45. The molecule has 1 unspecified atom stereocenters. The Morgan fingerprint density at radius 1 is 1.40 bits per heavy atom. The molecule has 0 saturated carbocycles. The number of nitrogens with one attached hydrogen (secondary N) is 1. The van der Waals surface area contributed by atoms with Gasteiger partial charge in [0, 0.05) is 4.88 Å². The Kier molecular flexibility index (Phi) is 5.04. The summed E-state index contributed by atoms with van der Waals surface area (Å²) >= 11 is 7.66. The lowest BCUT2D eigenvalue weighted by Gasteiger charge is -2.20. The Hall–Kier alpha value is -1.52. The highest BCUT2D eigenvalue weighted by molar-refractivity contribution is 7.10. The molecule has 0 saturated heterocycles. The largest absolute Gasteiger partial charge is 0.478 e. The lowest BCUT2D eigenvalue weighted by atomic mass is 10.1. The van der Waals surface area contributed by atoms with Gasteiger partial charge in [-0.2, -0.15) is 0 Å². The van der Waals surface area contributed by atoms with Crippen LogP contribution in [0.5, 0.6) is 0 Å². The van der Waals surface area contributed by atoms with Gasteiger partial charge in [-0.3, -0.25) is 0 Å². The normalized spacial score (nSPS) is 12.1. The number of carboxylic acid groups (broad SMARTS) is 1. The molecule has 1 heterocycles. The second kappa shape index (κ2) is 6.77. The second-order valence-corrected chi connectivity index (χ2v) is 5.86. The zero-order valence-electron chi connectivity index (χ0n) is 11.1. The smallest absolute Gasteiger partial charge is 0.339 e. The minimum Gasteiger partial charge on any atom is -0.478 e. The highest BCUT2D eigenvalue weighted by atomic mass is 35.5. The van der Waals surface area contributed by atoms with E-state index in [1.54, 1.807) is 29.5 Å². The van der Waals surface area contributed by atoms with E-state index in [2.05, 4.69) is 18.3 Å². The number of anilines is 1. The Balaban J connectivity index is 2.32. The van der Waals surface area contributed by atoms with E-state index in [-0.39, 0.29) is 16.6 Å². The van der Waals surface area contributed by atoms with Gasteiger partial charge in [0.05, 0.1) is 16.8 Å². The molecule has 0 aliphatic rings. The van der Waals surface area contributed by atoms with Crippen LogP contribution in [0.4, 0.5) is 5.69 Å². The van der Waals surface area contributed by atoms with E-state index < -0.39 is 5.97 Å². The van der Waals surface area contributed by atoms with Crippen LogP contribution in [0.1, 0.15) is 41.0 Å². The van der Waals surface area contributed by atoms with Gasteiger partial charge in [-0.1, -0.05) is 37.1 Å². The van der Waals surface area contributed by atoms with E-state index in [0.29, 0.717) is 5.69 Å². The van der Waals surface area contributed by atoms with E-state index in [4.69, 9.17) is 11.6 Å². The number of hydrogen-bond acceptors (Lipinski definition) is 3. The van der Waals surface area contributed by atoms with Gasteiger partial charge >= 0.3 is 5.97 Å². The fraction of sp³-hybridized carbons (Fsp3) is 0.267. The molecule has 0 fully saturated rings. The van der Waals surface area contributed by atoms with Crippen LogP contribution in [-0.4, -0.2) is 11.1 Å². The Morgan fingerprint density at radius 2 is 2.20 bits per heavy atom. The van der Waals surface area contributed by atoms with Gasteiger partial charge in [-0.05, 0) is 30.0 Å². The van der Waals surface area contributed by atoms with Crippen LogP contribution >= 0.6 is 22.9 Å². The molecule has 0 aliphatic carbocycles. The van der Waals surface area contributed by atoms with Crippen molar-refractivity contribution in [2.24, 2.45) is 0 Å². The minimum atomic E-state index is -1.01. The van der Waals surface area contributed by atoms with Crippen molar-refractivity contribution in [2.75, 3.05) is 5.32 Å². The van der Waals surface area contributed by atoms with Crippen LogP contribution in [0.3, 0.4) is 0 Å². The van der Waals surface area contributed by atoms with E-state index >= 15 is 0 Å². The summed E-state index contributed by atoms with van der Waals surface area (Å²) in [6.07, 6.45) is 1.95. The number of carboxylic acids is 1. The molecule has 2 rings (SSSR count). The summed E-state index contributed by atoms with van der Waals surface area (Å²) in [5.41, 5.74) is 0.698. The predicted molar refractivity (Wildman–Crippen MR) is 84.0 cm³/mol. The van der Waals surface area contributed by atoms with Gasteiger partial charge in [0.15, 0.2) is 0 Å². The number of carbonyl (C=O) groups is 1. The molecule has 2 N–H and O–H groups in total. The summed E-state index contributed by atoms with van der Waals surface area (Å²) in [5.74, 6) is -1.01. The van der Waals surface area contributed by atoms with Crippen LogP contribution in [0, 0.1) is 0 Å². The molecule has 0 amide bonds. The Morgan fingerprint density at radius 3 is 2.80 bits per heavy atom. The molecule has 0 bridgehead atoms. The maximum Gasteiger partial charge on any atom is 0.339 e. The molecular weight excluding hydrogens is 294 g/mol. The fourth-order valence-corrected chi connectivity index (χ4v) is 3.18. The number of halogens is 1. The van der Waals surface area contributed by atoms with E-state index in [1.165, 1.54) is 4.88 Å². The van der Waals surface area contributed by atoms with Crippen molar-refractivity contribution in [2.45, 2.75) is 25.8 Å². The zero-order chi connectivity index (χ0) is 14.5. The number of benzene rings is 1. The van der Waals surface area contributed by atoms with Crippen molar-refractivity contribution < 1.29 is 9.90 Å². The quantitative estimate of drug-likeness (QED) is 0.784. The number of aromatic carboxylic acids is 1. The molecule has 1 atom stereocenters. The SMILES string of the molecule is CCCC(Nc1cccc(Cl)c1C(=O)O)c1cccs1. The third-order valence-corrected chi connectivity index (χ3v) is 4.32. The molecule has 0 spiro atoms. The first-order chi connectivity index (χ1) is 9.63. The van der Waals surface area contributed by atoms with Crippen LogP contribution in [0.2, 0.25) is 5.02 Å². The molecule has 106 valence electrons. The summed E-state index contributed by atoms with van der Waals surface area (Å²) in [7, 11) is 0. The molecular formula is C15H16ClNO2S. The Bertz CT molecular complexity index is 584. The summed E-state index contributed by atoms with van der Waals surface area (Å²) < 4.78 is 0. The molecule has 5 heteroatoms. The van der Waals surface area contributed by atoms with Crippen molar-refractivity contribution in [3.63, 3.8) is 0 Å². The molecule has 20 heavy (non-hydrogen) atoms. The standard InChI is InChI=1S/C15H16ClNO2S/c1-2-5-11(13-8-4-9-20-13)17-12-7-3-6-10(16)14(12)15(18)19/h3-4,6-9,11,17H,2,5H2,1H3,(H,18,19). The summed E-state index contributed by atoms with van der Waals surface area (Å²) in [6, 6.07) is 9.27. The molecule has 1 aromatic carbocycles. The van der Waals surface area contributed by atoms with Gasteiger partial charge in [-0.15, -0.1) is 11.3 Å². The van der Waals surface area contributed by atoms with Crippen molar-refractivity contribution >= 4 is 34.6 Å². The third-order valence-electron chi connectivity index (χ3n) is 3.02. The minimum absolute atomic E-state index is 0.108. The third kappa shape index (κ3) is 3.32. The van der Waals surface area contributed by atoms with Gasteiger partial charge in [0.1, 0.15) is 5.56 Å². The molecule has 0 aliphatic heterocycles. The average molecular weight is 310 g/mol. The predicted octanol–water partition coefficient (Wildman–Crippen LogP) is 5.05. The highest BCUT2D eigenvalue weighted by Crippen LogP contribution is 2.31. The molecule has 2 aromatic rings. The zero-order valence-corrected chi connectivity index (χ0v) is 12.7. The van der Waals surface area contributed by atoms with E-state index in [0.717, 1.165) is 12.8 Å². The summed E-state index contributed by atoms with van der Waals surface area (Å²) in [4.78, 5) is 12.5. The van der Waals surface area contributed by atoms with Gasteiger partial charge in [0.2, 0.25) is 0 Å². The Labute approximate surface area is 127 Å². The van der Waals surface area contributed by atoms with Crippen LogP contribution in [0.15, 0.2) is 35.7 Å². The lowest BCUT2D eigenvalue weighted by Crippen LogP contribution is -2.12. The van der Waals surface area contributed by atoms with Gasteiger partial charge in [-0.25, -0.2) is 4.79 Å². The molecule has 1 aromatic heterocycles. The monoisotopic (exact) mass is 309 g/mol. The maximum atomic E-state index is 11.3. The summed E-state index contributed by atoms with van der Waals surface area (Å²) in [5, 5.41) is 14.9. The fourth-order valence-electron chi connectivity index (χ4n) is 2.11. The maximum absolute atomic E-state index is 11.3. The van der Waals surface area contributed by atoms with Crippen molar-refractivity contribution in [1.29, 1.82) is 0 Å². The number of rotatable bonds is 6. The summed E-state index contributed by atoms with van der Waals surface area (Å²) in [6.45, 7) is 2.11. The number of thiophene rings is 1. The molecule has 0 radical (unpaired) electrons. The van der Waals surface area contributed by atoms with Crippen LogP contribution < -0.4 is 5.32 Å². The van der Waals surface area contributed by atoms with Gasteiger partial charge in [0.25, 0.3) is 0 Å². The highest BCUT2D eigenvalue weighted by Gasteiger charge is 2.18. The first-order valence-corrected chi connectivity index (χ1v) is 7.71. The van der Waals surface area contributed by atoms with Crippen molar-refractivity contribution in [1.82, 2.24) is 0 Å². The second-order valence-electron chi connectivity index (χ2n) is 4.47. The van der Waals surface area contributed by atoms with Gasteiger partial charge < -0.3 is 10.4 Å². The molecule has 3 nitrogen and oxygen atoms in total.